The molecule has 0 aromatic heterocycles. The van der Waals surface area contributed by atoms with Crippen LogP contribution in [0.3, 0.4) is 0 Å². The fourth-order valence-corrected chi connectivity index (χ4v) is 2.80. The zero-order chi connectivity index (χ0) is 14.9. The Kier molecular flexibility index (Phi) is 17.8. The van der Waals surface area contributed by atoms with E-state index in [9.17, 15) is 4.79 Å². The van der Waals surface area contributed by atoms with Gasteiger partial charge in [0.05, 0.1) is 0 Å². The first-order valence-corrected chi connectivity index (χ1v) is 9.91. The van der Waals surface area contributed by atoms with Gasteiger partial charge in [-0.1, -0.05) is 39.0 Å². The van der Waals surface area contributed by atoms with Crippen molar-refractivity contribution >= 4 is 31.0 Å². The second kappa shape index (κ2) is 17.5. The van der Waals surface area contributed by atoms with Crippen LogP contribution in [0.2, 0.25) is 0 Å². The number of carbonyl (C=O) groups is 1. The van der Waals surface area contributed by atoms with E-state index in [1.54, 1.807) is 0 Å². The molecule has 0 atom stereocenters. The molecule has 0 amide bonds. The van der Waals surface area contributed by atoms with Gasteiger partial charge in [0, 0.05) is 0 Å². The summed E-state index contributed by atoms with van der Waals surface area (Å²) < 4.78 is 0.475. The predicted octanol–water partition coefficient (Wildman–Crippen LogP) is 5.72. The molecular weight excluding hydrogens is 255 g/mol. The monoisotopic (exact) mass is 288 g/mol. The standard InChI is InChI=1S/C18H33O.Na/c1-2-3-4-5-6-7-8-9-10-11-12-13-14-15-16-17-18-19;/h9-10H,2-8,11-17H2,1H3;. The fraction of sp³-hybridized carbons (Fsp3) is 0.833. The Balaban J connectivity index is 3.07. The van der Waals surface area contributed by atoms with Crippen LogP contribution in [-0.4, -0.2) is 31.0 Å². The van der Waals surface area contributed by atoms with Gasteiger partial charge in [0.15, 0.2) is 0 Å². The topological polar surface area (TPSA) is 17.1 Å². The third-order valence-corrected chi connectivity index (χ3v) is 4.29. The van der Waals surface area contributed by atoms with Gasteiger partial charge in [-0.05, 0) is 0 Å². The molecule has 0 radical (unpaired) electrons. The molecule has 112 valence electrons. The van der Waals surface area contributed by atoms with Gasteiger partial charge >= 0.3 is 106 Å². The number of unbranched alkanes of at least 4 members (excludes halogenated alkanes) is 11. The van der Waals surface area contributed by atoms with Gasteiger partial charge in [0.2, 0.25) is 0 Å². The SMILES string of the molecule is CCCCCCCCC=CCCCCCCC[C](=O)[Na]. The van der Waals surface area contributed by atoms with Crippen LogP contribution in [0.4, 0.5) is 0 Å². The summed E-state index contributed by atoms with van der Waals surface area (Å²) in [5.74, 6) is 0. The van der Waals surface area contributed by atoms with Crippen molar-refractivity contribution < 1.29 is 4.79 Å². The van der Waals surface area contributed by atoms with E-state index in [-0.39, 0.29) is 0 Å². The van der Waals surface area contributed by atoms with Crippen LogP contribution >= 0.6 is 0 Å². The number of rotatable bonds is 15. The van der Waals surface area contributed by atoms with Gasteiger partial charge in [-0.2, -0.15) is 0 Å². The molecule has 0 aromatic rings. The minimum atomic E-state index is 0.475. The van der Waals surface area contributed by atoms with Crippen LogP contribution in [0.25, 0.3) is 0 Å². The quantitative estimate of drug-likeness (QED) is 0.214. The third-order valence-electron chi connectivity index (χ3n) is 3.79. The van der Waals surface area contributed by atoms with Gasteiger partial charge in [0.1, 0.15) is 0 Å². The average molecular weight is 288 g/mol. The Morgan fingerprint density at radius 3 is 1.70 bits per heavy atom. The molecule has 0 fully saturated rings. The number of hydrogen-bond acceptors (Lipinski definition) is 1. The van der Waals surface area contributed by atoms with E-state index < -0.39 is 0 Å². The molecule has 0 aliphatic carbocycles. The molecular formula is C18H33NaO. The van der Waals surface area contributed by atoms with E-state index >= 15 is 0 Å². The average Bonchev–Trinajstić information content (AvgIpc) is 2.43. The van der Waals surface area contributed by atoms with Crippen molar-refractivity contribution in [1.82, 2.24) is 0 Å². The summed E-state index contributed by atoms with van der Waals surface area (Å²) in [4.78, 5) is 10.8. The Morgan fingerprint density at radius 2 is 1.20 bits per heavy atom. The molecule has 0 heterocycles. The number of carbonyl (C=O) groups excluding carboxylic acids is 1. The van der Waals surface area contributed by atoms with Crippen LogP contribution in [0.1, 0.15) is 96.8 Å². The van der Waals surface area contributed by atoms with Crippen molar-refractivity contribution in [2.75, 3.05) is 0 Å². The number of allylic oxidation sites excluding steroid dienone is 2. The third kappa shape index (κ3) is 18.4. The van der Waals surface area contributed by atoms with E-state index in [1.807, 2.05) is 0 Å². The molecule has 0 aliphatic heterocycles. The molecule has 0 unspecified atom stereocenters. The molecule has 0 aromatic carbocycles. The fourth-order valence-electron chi connectivity index (χ4n) is 2.44. The maximum atomic E-state index is 10.8. The summed E-state index contributed by atoms with van der Waals surface area (Å²) in [5.41, 5.74) is 0. The zero-order valence-electron chi connectivity index (χ0n) is 14.0. The second-order valence-corrected chi connectivity index (χ2v) is 7.15. The molecule has 0 bridgehead atoms. The zero-order valence-corrected chi connectivity index (χ0v) is 16.0. The first-order chi connectivity index (χ1) is 9.77. The van der Waals surface area contributed by atoms with Gasteiger partial charge in [0.25, 0.3) is 0 Å². The number of hydrogen-bond donors (Lipinski definition) is 0. The van der Waals surface area contributed by atoms with Crippen molar-refractivity contribution in [3.8, 4) is 0 Å². The Hall–Kier alpha value is 0.410. The normalized spacial score (nSPS) is 11.3. The maximum absolute atomic E-state index is 10.8. The van der Waals surface area contributed by atoms with Crippen LogP contribution in [0.5, 0.6) is 0 Å². The predicted molar refractivity (Wildman–Crippen MR) is 90.2 cm³/mol. The van der Waals surface area contributed by atoms with Crippen molar-refractivity contribution in [3.63, 3.8) is 0 Å². The van der Waals surface area contributed by atoms with Crippen LogP contribution < -0.4 is 0 Å². The summed E-state index contributed by atoms with van der Waals surface area (Å²) >= 11 is 0.742. The van der Waals surface area contributed by atoms with E-state index in [0.717, 1.165) is 40.8 Å². The van der Waals surface area contributed by atoms with E-state index in [1.165, 1.54) is 77.0 Å². The molecule has 1 nitrogen and oxygen atoms in total. The molecule has 0 spiro atoms. The Labute approximate surface area is 144 Å². The van der Waals surface area contributed by atoms with Crippen LogP contribution in [0, 0.1) is 0 Å². The molecule has 0 aliphatic rings. The van der Waals surface area contributed by atoms with Gasteiger partial charge in [-0.25, -0.2) is 0 Å². The summed E-state index contributed by atoms with van der Waals surface area (Å²) in [6, 6.07) is 0. The van der Waals surface area contributed by atoms with E-state index in [0.29, 0.717) is 3.03 Å². The molecule has 0 rings (SSSR count). The molecule has 20 heavy (non-hydrogen) atoms. The van der Waals surface area contributed by atoms with Gasteiger partial charge in [-0.3, -0.25) is 0 Å². The molecule has 0 saturated carbocycles. The molecule has 0 N–H and O–H groups in total. The summed E-state index contributed by atoms with van der Waals surface area (Å²) in [6.07, 6.45) is 22.8. The van der Waals surface area contributed by atoms with Gasteiger partial charge < -0.3 is 0 Å². The summed E-state index contributed by atoms with van der Waals surface area (Å²) in [6.45, 7) is 2.27. The summed E-state index contributed by atoms with van der Waals surface area (Å²) in [5, 5.41) is 0. The minimum absolute atomic E-state index is 0.475. The molecule has 2 heteroatoms. The first kappa shape index (κ1) is 20.4. The van der Waals surface area contributed by atoms with Crippen molar-refractivity contribution in [2.24, 2.45) is 0 Å². The van der Waals surface area contributed by atoms with Crippen molar-refractivity contribution in [3.05, 3.63) is 12.2 Å². The van der Waals surface area contributed by atoms with Gasteiger partial charge in [-0.15, -0.1) is 0 Å². The Morgan fingerprint density at radius 1 is 0.750 bits per heavy atom. The van der Waals surface area contributed by atoms with Crippen LogP contribution in [-0.2, 0) is 4.79 Å². The van der Waals surface area contributed by atoms with E-state index in [4.69, 9.17) is 0 Å². The van der Waals surface area contributed by atoms with Crippen molar-refractivity contribution in [2.45, 2.75) is 96.8 Å². The molecule has 0 saturated heterocycles. The summed E-state index contributed by atoms with van der Waals surface area (Å²) in [7, 11) is 0. The second-order valence-electron chi connectivity index (χ2n) is 6.04. The van der Waals surface area contributed by atoms with Crippen molar-refractivity contribution in [1.29, 1.82) is 0 Å². The first-order valence-electron chi connectivity index (χ1n) is 8.91. The van der Waals surface area contributed by atoms with E-state index in [2.05, 4.69) is 19.1 Å². The Bertz CT molecular complexity index is 236. The van der Waals surface area contributed by atoms with Crippen LogP contribution in [0.15, 0.2) is 12.2 Å².